The van der Waals surface area contributed by atoms with Crippen LogP contribution in [0.4, 0.5) is 0 Å². The molecule has 0 bridgehead atoms. The van der Waals surface area contributed by atoms with E-state index in [9.17, 15) is 5.11 Å². The highest BCUT2D eigenvalue weighted by Crippen LogP contribution is 2.40. The molecule has 0 amide bonds. The zero-order chi connectivity index (χ0) is 13.5. The molecule has 2 heteroatoms. The molecule has 0 radical (unpaired) electrons. The first-order valence-electron chi connectivity index (χ1n) is 8.33. The van der Waals surface area contributed by atoms with Crippen LogP contribution >= 0.6 is 0 Å². The van der Waals surface area contributed by atoms with Gasteiger partial charge in [-0.3, -0.25) is 4.90 Å². The van der Waals surface area contributed by atoms with Crippen molar-refractivity contribution in [1.29, 1.82) is 0 Å². The van der Waals surface area contributed by atoms with Gasteiger partial charge in [-0.05, 0) is 49.8 Å². The summed E-state index contributed by atoms with van der Waals surface area (Å²) in [5, 5.41) is 10.2. The molecular formula is C18H25NO. The Morgan fingerprint density at radius 2 is 2.00 bits per heavy atom. The highest BCUT2D eigenvalue weighted by atomic mass is 16.3. The number of benzene rings is 1. The van der Waals surface area contributed by atoms with E-state index in [-0.39, 0.29) is 6.10 Å². The molecule has 2 fully saturated rings. The molecule has 4 rings (SSSR count). The van der Waals surface area contributed by atoms with Gasteiger partial charge in [0.05, 0.1) is 6.10 Å². The van der Waals surface area contributed by atoms with Gasteiger partial charge in [0.1, 0.15) is 0 Å². The number of aliphatic hydroxyl groups excluding tert-OH is 1. The van der Waals surface area contributed by atoms with E-state index >= 15 is 0 Å². The third-order valence-electron chi connectivity index (χ3n) is 5.86. The van der Waals surface area contributed by atoms with Crippen LogP contribution < -0.4 is 0 Å². The zero-order valence-electron chi connectivity index (χ0n) is 12.2. The van der Waals surface area contributed by atoms with Gasteiger partial charge >= 0.3 is 0 Å². The Bertz CT molecular complexity index is 486. The van der Waals surface area contributed by atoms with Crippen LogP contribution in [0.2, 0.25) is 0 Å². The smallest absolute Gasteiger partial charge is 0.0583 e. The van der Waals surface area contributed by atoms with E-state index in [2.05, 4.69) is 29.2 Å². The zero-order valence-corrected chi connectivity index (χ0v) is 12.2. The first-order chi connectivity index (χ1) is 9.83. The molecule has 1 saturated carbocycles. The van der Waals surface area contributed by atoms with E-state index in [1.165, 1.54) is 45.2 Å². The summed E-state index contributed by atoms with van der Waals surface area (Å²) >= 11 is 0. The van der Waals surface area contributed by atoms with Crippen LogP contribution in [0.1, 0.15) is 49.1 Å². The molecule has 1 aromatic rings. The fraction of sp³-hybridized carbons (Fsp3) is 0.667. The average molecular weight is 271 g/mol. The molecule has 20 heavy (non-hydrogen) atoms. The summed E-state index contributed by atoms with van der Waals surface area (Å²) in [5.41, 5.74) is 3.12. The second-order valence-corrected chi connectivity index (χ2v) is 6.97. The van der Waals surface area contributed by atoms with E-state index in [1.54, 1.807) is 11.1 Å². The molecule has 0 aromatic heterocycles. The minimum atomic E-state index is -0.0331. The Balaban J connectivity index is 1.44. The Labute approximate surface area is 121 Å². The normalized spacial score (nSPS) is 36.9. The van der Waals surface area contributed by atoms with Crippen molar-refractivity contribution in [2.45, 2.75) is 56.6 Å². The lowest BCUT2D eigenvalue weighted by Crippen LogP contribution is -2.42. The number of hydrogen-bond donors (Lipinski definition) is 1. The fourth-order valence-electron chi connectivity index (χ4n) is 4.79. The Hall–Kier alpha value is -0.860. The lowest BCUT2D eigenvalue weighted by Gasteiger charge is -2.38. The molecule has 0 spiro atoms. The summed E-state index contributed by atoms with van der Waals surface area (Å²) in [5.74, 6) is 1.29. The first kappa shape index (κ1) is 12.8. The topological polar surface area (TPSA) is 23.5 Å². The molecule has 2 aliphatic carbocycles. The molecule has 2 nitrogen and oxygen atoms in total. The van der Waals surface area contributed by atoms with Crippen LogP contribution in [-0.2, 0) is 6.42 Å². The van der Waals surface area contributed by atoms with Crippen LogP contribution in [0, 0.1) is 5.92 Å². The van der Waals surface area contributed by atoms with Crippen molar-refractivity contribution in [3.63, 3.8) is 0 Å². The molecular weight excluding hydrogens is 246 g/mol. The molecule has 3 aliphatic rings. The van der Waals surface area contributed by atoms with Gasteiger partial charge in [-0.1, -0.05) is 30.7 Å². The third kappa shape index (κ3) is 2.10. The van der Waals surface area contributed by atoms with Crippen LogP contribution in [0.5, 0.6) is 0 Å². The SMILES string of the molecule is OC1CCCC1C1CCCN1CC1Cc2ccccc21. The van der Waals surface area contributed by atoms with Gasteiger partial charge in [0.15, 0.2) is 0 Å². The molecule has 1 N–H and O–H groups in total. The summed E-state index contributed by atoms with van der Waals surface area (Å²) in [4.78, 5) is 2.69. The summed E-state index contributed by atoms with van der Waals surface area (Å²) < 4.78 is 0. The van der Waals surface area contributed by atoms with E-state index in [4.69, 9.17) is 0 Å². The Morgan fingerprint density at radius 3 is 2.80 bits per heavy atom. The third-order valence-corrected chi connectivity index (χ3v) is 5.86. The van der Waals surface area contributed by atoms with Crippen LogP contribution in [0.3, 0.4) is 0 Å². The van der Waals surface area contributed by atoms with Crippen molar-refractivity contribution >= 4 is 0 Å². The monoisotopic (exact) mass is 271 g/mol. The van der Waals surface area contributed by atoms with Crippen molar-refractivity contribution in [1.82, 2.24) is 4.90 Å². The Morgan fingerprint density at radius 1 is 1.10 bits per heavy atom. The van der Waals surface area contributed by atoms with Crippen LogP contribution in [0.15, 0.2) is 24.3 Å². The number of hydrogen-bond acceptors (Lipinski definition) is 2. The van der Waals surface area contributed by atoms with Crippen LogP contribution in [0.25, 0.3) is 0 Å². The molecule has 1 aliphatic heterocycles. The highest BCUT2D eigenvalue weighted by Gasteiger charge is 2.39. The van der Waals surface area contributed by atoms with Gasteiger partial charge in [0.2, 0.25) is 0 Å². The van der Waals surface area contributed by atoms with E-state index in [0.717, 1.165) is 12.3 Å². The molecule has 1 heterocycles. The van der Waals surface area contributed by atoms with Gasteiger partial charge in [-0.2, -0.15) is 0 Å². The van der Waals surface area contributed by atoms with Crippen molar-refractivity contribution in [3.05, 3.63) is 35.4 Å². The minimum absolute atomic E-state index is 0.0331. The first-order valence-corrected chi connectivity index (χ1v) is 8.33. The number of nitrogens with zero attached hydrogens (tertiary/aromatic N) is 1. The van der Waals surface area contributed by atoms with Crippen LogP contribution in [-0.4, -0.2) is 35.2 Å². The van der Waals surface area contributed by atoms with Gasteiger partial charge in [0.25, 0.3) is 0 Å². The maximum Gasteiger partial charge on any atom is 0.0583 e. The standard InChI is InChI=1S/C18H25NO/c20-18-9-3-7-16(18)17-8-4-10-19(17)12-14-11-13-5-1-2-6-15(13)14/h1-2,5-6,14,16-18,20H,3-4,7-12H2. The van der Waals surface area contributed by atoms with Crippen molar-refractivity contribution in [2.75, 3.05) is 13.1 Å². The predicted octanol–water partition coefficient (Wildman–Crippen LogP) is 2.95. The van der Waals surface area contributed by atoms with Gasteiger partial charge < -0.3 is 5.11 Å². The largest absolute Gasteiger partial charge is 0.393 e. The van der Waals surface area contributed by atoms with E-state index in [0.29, 0.717) is 12.0 Å². The number of fused-ring (bicyclic) bond motifs is 1. The molecule has 1 saturated heterocycles. The fourth-order valence-corrected chi connectivity index (χ4v) is 4.79. The minimum Gasteiger partial charge on any atom is -0.393 e. The lowest BCUT2D eigenvalue weighted by molar-refractivity contribution is 0.0712. The lowest BCUT2D eigenvalue weighted by atomic mass is 9.77. The van der Waals surface area contributed by atoms with Crippen molar-refractivity contribution < 1.29 is 5.11 Å². The van der Waals surface area contributed by atoms with E-state index < -0.39 is 0 Å². The summed E-state index contributed by atoms with van der Waals surface area (Å²) in [6.45, 7) is 2.46. The molecule has 4 atom stereocenters. The van der Waals surface area contributed by atoms with E-state index in [1.807, 2.05) is 0 Å². The molecule has 1 aromatic carbocycles. The quantitative estimate of drug-likeness (QED) is 0.913. The van der Waals surface area contributed by atoms with Gasteiger partial charge in [0, 0.05) is 24.4 Å². The molecule has 4 unspecified atom stereocenters. The van der Waals surface area contributed by atoms with Gasteiger partial charge in [-0.15, -0.1) is 0 Å². The number of likely N-dealkylation sites (tertiary alicyclic amines) is 1. The van der Waals surface area contributed by atoms with Gasteiger partial charge in [-0.25, -0.2) is 0 Å². The second-order valence-electron chi connectivity index (χ2n) is 6.97. The predicted molar refractivity (Wildman–Crippen MR) is 80.8 cm³/mol. The number of rotatable bonds is 3. The highest BCUT2D eigenvalue weighted by molar-refractivity contribution is 5.40. The maximum atomic E-state index is 10.2. The Kier molecular flexibility index (Phi) is 3.31. The summed E-state index contributed by atoms with van der Waals surface area (Å²) in [6, 6.07) is 9.56. The second kappa shape index (κ2) is 5.16. The summed E-state index contributed by atoms with van der Waals surface area (Å²) in [6.07, 6.45) is 7.34. The van der Waals surface area contributed by atoms with Crippen molar-refractivity contribution in [3.8, 4) is 0 Å². The molecule has 108 valence electrons. The maximum absolute atomic E-state index is 10.2. The number of aliphatic hydroxyl groups is 1. The summed E-state index contributed by atoms with van der Waals surface area (Å²) in [7, 11) is 0. The van der Waals surface area contributed by atoms with Crippen molar-refractivity contribution in [2.24, 2.45) is 5.92 Å². The average Bonchev–Trinajstić information content (AvgIpc) is 3.04.